The van der Waals surface area contributed by atoms with E-state index in [1.54, 1.807) is 31.5 Å². The third-order valence-electron chi connectivity index (χ3n) is 2.73. The average Bonchev–Trinajstić information content (AvgIpc) is 2.46. The van der Waals surface area contributed by atoms with Gasteiger partial charge in [0.1, 0.15) is 5.82 Å². The Balaban J connectivity index is 2.07. The summed E-state index contributed by atoms with van der Waals surface area (Å²) in [5.74, 6) is 0.598. The molecular weight excluding hydrogens is 290 g/mol. The van der Waals surface area contributed by atoms with Crippen molar-refractivity contribution in [3.63, 3.8) is 0 Å². The zero-order chi connectivity index (χ0) is 15.3. The van der Waals surface area contributed by atoms with Crippen molar-refractivity contribution in [1.29, 1.82) is 0 Å². The van der Waals surface area contributed by atoms with Gasteiger partial charge in [0.25, 0.3) is 10.0 Å². The van der Waals surface area contributed by atoms with Gasteiger partial charge in [-0.15, -0.1) is 0 Å². The Bertz CT molecular complexity index is 701. The van der Waals surface area contributed by atoms with Gasteiger partial charge in [-0.25, -0.2) is 28.1 Å². The summed E-state index contributed by atoms with van der Waals surface area (Å²) < 4.78 is 26.7. The molecule has 0 aliphatic carbocycles. The van der Waals surface area contributed by atoms with Crippen molar-refractivity contribution in [2.24, 2.45) is 0 Å². The molecule has 0 aliphatic rings. The Morgan fingerprint density at radius 3 is 2.57 bits per heavy atom. The van der Waals surface area contributed by atoms with Gasteiger partial charge in [-0.3, -0.25) is 0 Å². The molecule has 2 aromatic rings. The topological polar surface area (TPSA) is 96.9 Å². The molecule has 0 unspecified atom stereocenters. The Kier molecular flexibility index (Phi) is 4.94. The van der Waals surface area contributed by atoms with Crippen LogP contribution in [0, 0.1) is 6.92 Å². The van der Waals surface area contributed by atoms with Crippen LogP contribution in [-0.2, 0) is 23.1 Å². The molecule has 2 rings (SSSR count). The molecule has 0 aliphatic heterocycles. The van der Waals surface area contributed by atoms with Gasteiger partial charge in [-0.1, -0.05) is 6.07 Å². The second kappa shape index (κ2) is 6.70. The standard InChI is InChI=1S/C13H17N5O2S/c1-10-15-6-5-12(18-10)9-17-21(19,20)13-4-3-11(7-14-2)8-16-13/h3-6,8,14,17H,7,9H2,1-2H3. The highest BCUT2D eigenvalue weighted by Gasteiger charge is 2.15. The van der Waals surface area contributed by atoms with Crippen molar-refractivity contribution >= 4 is 10.0 Å². The maximum Gasteiger partial charge on any atom is 0.258 e. The van der Waals surface area contributed by atoms with Gasteiger partial charge in [-0.2, -0.15) is 0 Å². The predicted octanol–water partition coefficient (Wildman–Crippen LogP) is 0.378. The fourth-order valence-electron chi connectivity index (χ4n) is 1.73. The molecule has 0 amide bonds. The Hall–Kier alpha value is -1.90. The summed E-state index contributed by atoms with van der Waals surface area (Å²) in [5.41, 5.74) is 1.53. The number of nitrogens with one attached hydrogen (secondary N) is 2. The number of nitrogens with zero attached hydrogens (tertiary/aromatic N) is 3. The molecule has 0 spiro atoms. The number of hydrogen-bond acceptors (Lipinski definition) is 6. The van der Waals surface area contributed by atoms with Crippen LogP contribution in [0.5, 0.6) is 0 Å². The zero-order valence-corrected chi connectivity index (χ0v) is 12.7. The van der Waals surface area contributed by atoms with Gasteiger partial charge in [0.05, 0.1) is 12.2 Å². The Morgan fingerprint density at radius 2 is 1.95 bits per heavy atom. The van der Waals surface area contributed by atoms with Crippen molar-refractivity contribution in [2.45, 2.75) is 25.0 Å². The van der Waals surface area contributed by atoms with Gasteiger partial charge in [0, 0.05) is 18.9 Å². The fourth-order valence-corrected chi connectivity index (χ4v) is 2.65. The van der Waals surface area contributed by atoms with Crippen LogP contribution in [0.1, 0.15) is 17.1 Å². The highest BCUT2D eigenvalue weighted by Crippen LogP contribution is 2.07. The summed E-state index contributed by atoms with van der Waals surface area (Å²) in [6.07, 6.45) is 3.14. The van der Waals surface area contributed by atoms with Crippen LogP contribution in [0.2, 0.25) is 0 Å². The van der Waals surface area contributed by atoms with Crippen molar-refractivity contribution in [3.05, 3.63) is 47.7 Å². The summed E-state index contributed by atoms with van der Waals surface area (Å²) in [6.45, 7) is 2.49. The first-order valence-electron chi connectivity index (χ1n) is 6.39. The molecule has 0 saturated heterocycles. The minimum Gasteiger partial charge on any atom is -0.316 e. The summed E-state index contributed by atoms with van der Waals surface area (Å²) in [7, 11) is -1.83. The molecular formula is C13H17N5O2S. The molecule has 0 radical (unpaired) electrons. The van der Waals surface area contributed by atoms with Crippen molar-refractivity contribution < 1.29 is 8.42 Å². The van der Waals surface area contributed by atoms with Gasteiger partial charge in [0.2, 0.25) is 0 Å². The largest absolute Gasteiger partial charge is 0.316 e. The summed E-state index contributed by atoms with van der Waals surface area (Å²) >= 11 is 0. The van der Waals surface area contributed by atoms with Gasteiger partial charge >= 0.3 is 0 Å². The Labute approximate surface area is 123 Å². The highest BCUT2D eigenvalue weighted by atomic mass is 32.2. The number of sulfonamides is 1. The maximum absolute atomic E-state index is 12.1. The highest BCUT2D eigenvalue weighted by molar-refractivity contribution is 7.89. The van der Waals surface area contributed by atoms with E-state index >= 15 is 0 Å². The molecule has 0 atom stereocenters. The first-order valence-corrected chi connectivity index (χ1v) is 7.87. The smallest absolute Gasteiger partial charge is 0.258 e. The molecule has 112 valence electrons. The SMILES string of the molecule is CNCc1ccc(S(=O)(=O)NCc2ccnc(C)n2)nc1. The molecule has 2 heterocycles. The molecule has 21 heavy (non-hydrogen) atoms. The van der Waals surface area contributed by atoms with E-state index in [1.807, 2.05) is 7.05 Å². The lowest BCUT2D eigenvalue weighted by Gasteiger charge is -2.07. The molecule has 0 fully saturated rings. The number of aryl methyl sites for hydroxylation is 1. The third kappa shape index (κ3) is 4.28. The molecule has 0 saturated carbocycles. The van der Waals surface area contributed by atoms with Crippen molar-refractivity contribution in [3.8, 4) is 0 Å². The second-order valence-corrected chi connectivity index (χ2v) is 6.17. The van der Waals surface area contributed by atoms with Crippen LogP contribution in [0.4, 0.5) is 0 Å². The van der Waals surface area contributed by atoms with Crippen LogP contribution in [0.15, 0.2) is 35.6 Å². The molecule has 0 aromatic carbocycles. The van der Waals surface area contributed by atoms with Crippen LogP contribution in [0.25, 0.3) is 0 Å². The van der Waals surface area contributed by atoms with E-state index in [1.165, 1.54) is 6.07 Å². The van der Waals surface area contributed by atoms with Gasteiger partial charge < -0.3 is 5.32 Å². The van der Waals surface area contributed by atoms with Crippen LogP contribution in [-0.4, -0.2) is 30.4 Å². The molecule has 2 aromatic heterocycles. The van der Waals surface area contributed by atoms with Crippen LogP contribution < -0.4 is 10.0 Å². The van der Waals surface area contributed by atoms with Gasteiger partial charge in [0.15, 0.2) is 5.03 Å². The zero-order valence-electron chi connectivity index (χ0n) is 11.9. The van der Waals surface area contributed by atoms with Crippen molar-refractivity contribution in [1.82, 2.24) is 25.0 Å². The Morgan fingerprint density at radius 1 is 1.14 bits per heavy atom. The monoisotopic (exact) mass is 307 g/mol. The van der Waals surface area contributed by atoms with E-state index in [2.05, 4.69) is 25.0 Å². The third-order valence-corrected chi connectivity index (χ3v) is 4.05. The molecule has 7 nitrogen and oxygen atoms in total. The minimum absolute atomic E-state index is 0.00636. The van der Waals surface area contributed by atoms with E-state index in [4.69, 9.17) is 0 Å². The lowest BCUT2D eigenvalue weighted by atomic mass is 10.3. The first kappa shape index (κ1) is 15.5. The van der Waals surface area contributed by atoms with E-state index in [-0.39, 0.29) is 11.6 Å². The van der Waals surface area contributed by atoms with E-state index in [0.717, 1.165) is 5.56 Å². The van der Waals surface area contributed by atoms with Crippen LogP contribution in [0.3, 0.4) is 0 Å². The van der Waals surface area contributed by atoms with E-state index < -0.39 is 10.0 Å². The fraction of sp³-hybridized carbons (Fsp3) is 0.308. The summed E-state index contributed by atoms with van der Waals surface area (Å²) in [6, 6.07) is 4.88. The molecule has 2 N–H and O–H groups in total. The molecule has 8 heteroatoms. The van der Waals surface area contributed by atoms with E-state index in [0.29, 0.717) is 18.1 Å². The predicted molar refractivity (Wildman–Crippen MR) is 77.8 cm³/mol. The first-order chi connectivity index (χ1) is 10.0. The average molecular weight is 307 g/mol. The quantitative estimate of drug-likeness (QED) is 0.801. The minimum atomic E-state index is -3.64. The number of hydrogen-bond donors (Lipinski definition) is 2. The number of pyridine rings is 1. The lowest BCUT2D eigenvalue weighted by molar-refractivity contribution is 0.576. The van der Waals surface area contributed by atoms with Crippen molar-refractivity contribution in [2.75, 3.05) is 7.05 Å². The summed E-state index contributed by atoms with van der Waals surface area (Å²) in [5, 5.41) is 2.97. The van der Waals surface area contributed by atoms with E-state index in [9.17, 15) is 8.42 Å². The number of rotatable bonds is 6. The normalized spacial score (nSPS) is 11.5. The van der Waals surface area contributed by atoms with Crippen LogP contribution >= 0.6 is 0 Å². The lowest BCUT2D eigenvalue weighted by Crippen LogP contribution is -2.24. The number of aromatic nitrogens is 3. The second-order valence-electron chi connectivity index (χ2n) is 4.45. The maximum atomic E-state index is 12.1. The summed E-state index contributed by atoms with van der Waals surface area (Å²) in [4.78, 5) is 12.1. The van der Waals surface area contributed by atoms with Gasteiger partial charge in [-0.05, 0) is 31.7 Å². The molecule has 0 bridgehead atoms.